The molecule has 4 aliphatic rings. The van der Waals surface area contributed by atoms with E-state index < -0.39 is 0 Å². The normalized spacial score (nSPS) is 46.9. The molecule has 0 aromatic heterocycles. The predicted octanol–water partition coefficient (Wildman–Crippen LogP) is 3.68. The van der Waals surface area contributed by atoms with Gasteiger partial charge in [-0.15, -0.1) is 0 Å². The maximum absolute atomic E-state index is 12.8. The third kappa shape index (κ3) is 1.93. The van der Waals surface area contributed by atoms with Crippen molar-refractivity contribution in [2.24, 2.45) is 34.5 Å². The maximum atomic E-state index is 12.8. The molecule has 0 aliphatic heterocycles. The maximum Gasteiger partial charge on any atom is 0.178 e. The highest BCUT2D eigenvalue weighted by Gasteiger charge is 2.60. The summed E-state index contributed by atoms with van der Waals surface area (Å²) < 4.78 is 0. The van der Waals surface area contributed by atoms with E-state index in [1.165, 1.54) is 0 Å². The lowest BCUT2D eigenvalue weighted by Gasteiger charge is -2.56. The van der Waals surface area contributed by atoms with Crippen molar-refractivity contribution in [1.29, 1.82) is 0 Å². The predicted molar refractivity (Wildman–Crippen MR) is 91.2 cm³/mol. The fourth-order valence-electron chi connectivity index (χ4n) is 6.70. The zero-order valence-corrected chi connectivity index (χ0v) is 14.8. The van der Waals surface area contributed by atoms with Crippen LogP contribution >= 0.6 is 0 Å². The largest absolute Gasteiger partial charge is 0.300 e. The Hall–Kier alpha value is -1.51. The van der Waals surface area contributed by atoms with Crippen molar-refractivity contribution < 1.29 is 14.4 Å². The van der Waals surface area contributed by atoms with Gasteiger partial charge in [-0.3, -0.25) is 14.4 Å². The van der Waals surface area contributed by atoms with Crippen LogP contribution in [-0.4, -0.2) is 17.3 Å². The van der Waals surface area contributed by atoms with Crippen molar-refractivity contribution in [2.75, 3.05) is 0 Å². The molecule has 3 fully saturated rings. The van der Waals surface area contributed by atoms with Crippen LogP contribution in [0.2, 0.25) is 0 Å². The van der Waals surface area contributed by atoms with E-state index in [9.17, 15) is 14.4 Å². The van der Waals surface area contributed by atoms with E-state index >= 15 is 0 Å². The summed E-state index contributed by atoms with van der Waals surface area (Å²) >= 11 is 0. The van der Waals surface area contributed by atoms with Crippen molar-refractivity contribution in [3.8, 4) is 0 Å². The summed E-state index contributed by atoms with van der Waals surface area (Å²) in [5.41, 5.74) is 0.476. The van der Waals surface area contributed by atoms with Gasteiger partial charge in [-0.05, 0) is 67.9 Å². The molecule has 3 heteroatoms. The molecule has 0 spiro atoms. The van der Waals surface area contributed by atoms with E-state index in [1.54, 1.807) is 19.1 Å². The van der Waals surface area contributed by atoms with Crippen molar-refractivity contribution in [3.05, 3.63) is 23.8 Å². The summed E-state index contributed by atoms with van der Waals surface area (Å²) in [6, 6.07) is 0. The molecular formula is C21H26O3. The molecule has 0 bridgehead atoms. The average molecular weight is 326 g/mol. The molecule has 6 atom stereocenters. The van der Waals surface area contributed by atoms with Crippen LogP contribution in [0.15, 0.2) is 23.8 Å². The molecule has 3 nitrogen and oxygen atoms in total. The third-order valence-electron chi connectivity index (χ3n) is 7.88. The minimum Gasteiger partial charge on any atom is -0.300 e. The number of fused-ring (bicyclic) bond motifs is 5. The van der Waals surface area contributed by atoms with Crippen molar-refractivity contribution in [3.63, 3.8) is 0 Å². The van der Waals surface area contributed by atoms with Crippen LogP contribution in [0.3, 0.4) is 0 Å². The number of rotatable bonds is 1. The minimum absolute atomic E-state index is 0.0546. The van der Waals surface area contributed by atoms with Gasteiger partial charge in [0.05, 0.1) is 0 Å². The molecule has 24 heavy (non-hydrogen) atoms. The molecule has 0 amide bonds. The Kier molecular flexibility index (Phi) is 3.33. The first-order chi connectivity index (χ1) is 11.3. The van der Waals surface area contributed by atoms with E-state index in [0.29, 0.717) is 30.0 Å². The van der Waals surface area contributed by atoms with Gasteiger partial charge in [-0.1, -0.05) is 19.9 Å². The molecule has 0 N–H and O–H groups in total. The van der Waals surface area contributed by atoms with Gasteiger partial charge in [0.15, 0.2) is 11.6 Å². The summed E-state index contributed by atoms with van der Waals surface area (Å²) in [5, 5.41) is 0. The Morgan fingerprint density at radius 1 is 1.12 bits per heavy atom. The molecule has 128 valence electrons. The lowest BCUT2D eigenvalue weighted by molar-refractivity contribution is -0.131. The van der Waals surface area contributed by atoms with Crippen LogP contribution in [0.1, 0.15) is 52.9 Å². The lowest BCUT2D eigenvalue weighted by Crippen LogP contribution is -2.52. The van der Waals surface area contributed by atoms with E-state index in [4.69, 9.17) is 0 Å². The number of allylic oxidation sites excluding steroid dienone is 4. The van der Waals surface area contributed by atoms with Gasteiger partial charge in [0.2, 0.25) is 0 Å². The average Bonchev–Trinajstić information content (AvgIpc) is 2.87. The second kappa shape index (κ2) is 5.00. The summed E-state index contributed by atoms with van der Waals surface area (Å²) in [5.74, 6) is 1.77. The van der Waals surface area contributed by atoms with E-state index in [1.807, 2.05) is 6.08 Å². The molecule has 0 aromatic rings. The molecule has 3 saturated carbocycles. The Labute approximate surface area is 143 Å². The smallest absolute Gasteiger partial charge is 0.178 e. The van der Waals surface area contributed by atoms with E-state index in [-0.39, 0.29) is 28.3 Å². The summed E-state index contributed by atoms with van der Waals surface area (Å²) in [4.78, 5) is 36.7. The molecule has 4 aliphatic carbocycles. The number of carbonyl (C=O) groups excluding carboxylic acids is 3. The second-order valence-corrected chi connectivity index (χ2v) is 8.87. The quantitative estimate of drug-likeness (QED) is 0.738. The number of hydrogen-bond donors (Lipinski definition) is 0. The van der Waals surface area contributed by atoms with Crippen molar-refractivity contribution >= 4 is 17.3 Å². The highest BCUT2D eigenvalue weighted by atomic mass is 16.1. The summed E-state index contributed by atoms with van der Waals surface area (Å²) in [6.07, 6.45) is 9.88. The molecular weight excluding hydrogens is 300 g/mol. The first kappa shape index (κ1) is 16.0. The number of Topliss-reactive ketones (excluding diaryl/α,β-unsaturated/α-hetero) is 2. The highest BCUT2D eigenvalue weighted by Crippen LogP contribution is 2.65. The van der Waals surface area contributed by atoms with E-state index in [0.717, 1.165) is 31.3 Å². The monoisotopic (exact) mass is 326 g/mol. The summed E-state index contributed by atoms with van der Waals surface area (Å²) in [7, 11) is 0. The van der Waals surface area contributed by atoms with Gasteiger partial charge in [0, 0.05) is 23.3 Å². The van der Waals surface area contributed by atoms with Crippen LogP contribution in [-0.2, 0) is 14.4 Å². The summed E-state index contributed by atoms with van der Waals surface area (Å²) in [6.45, 7) is 6.15. The van der Waals surface area contributed by atoms with Gasteiger partial charge < -0.3 is 0 Å². The lowest BCUT2D eigenvalue weighted by atomic mass is 9.47. The van der Waals surface area contributed by atoms with Crippen molar-refractivity contribution in [2.45, 2.75) is 52.9 Å². The zero-order valence-electron chi connectivity index (χ0n) is 14.8. The van der Waals surface area contributed by atoms with Crippen LogP contribution < -0.4 is 0 Å². The topological polar surface area (TPSA) is 51.2 Å². The molecule has 0 aromatic carbocycles. The Balaban J connectivity index is 1.74. The van der Waals surface area contributed by atoms with Gasteiger partial charge >= 0.3 is 0 Å². The molecule has 0 unspecified atom stereocenters. The SMILES string of the molecule is CC(=O)[C@H]1CC[C@H]2[C@@H]3CC(=O)C4=CC(=O)C=C[C@]4(C)[C@H]3CC[C@]12C. The molecule has 0 radical (unpaired) electrons. The van der Waals surface area contributed by atoms with Crippen LogP contribution in [0.25, 0.3) is 0 Å². The number of ketones is 3. The van der Waals surface area contributed by atoms with Gasteiger partial charge in [0.1, 0.15) is 5.78 Å². The minimum atomic E-state index is -0.302. The molecule has 4 rings (SSSR count). The van der Waals surface area contributed by atoms with Gasteiger partial charge in [-0.2, -0.15) is 0 Å². The fourth-order valence-corrected chi connectivity index (χ4v) is 6.70. The third-order valence-corrected chi connectivity index (χ3v) is 7.88. The Morgan fingerprint density at radius 2 is 1.88 bits per heavy atom. The highest BCUT2D eigenvalue weighted by molar-refractivity contribution is 6.10. The number of hydrogen-bond acceptors (Lipinski definition) is 3. The zero-order chi connectivity index (χ0) is 17.3. The van der Waals surface area contributed by atoms with Crippen LogP contribution in [0.4, 0.5) is 0 Å². The van der Waals surface area contributed by atoms with E-state index in [2.05, 4.69) is 13.8 Å². The fraction of sp³-hybridized carbons (Fsp3) is 0.667. The van der Waals surface area contributed by atoms with Crippen molar-refractivity contribution in [1.82, 2.24) is 0 Å². The Morgan fingerprint density at radius 3 is 2.58 bits per heavy atom. The standard InChI is InChI=1S/C21H26O3/c1-12(22)15-4-5-16-14-11-19(24)18-10-13(23)6-8-21(18,3)17(14)7-9-20(15,16)2/h6,8,10,14-17H,4-5,7,9,11H2,1-3H3/t14-,15+,16-,17-,20+,21+/m0/s1. The Bertz CT molecular complexity index is 700. The first-order valence-electron chi connectivity index (χ1n) is 9.26. The van der Waals surface area contributed by atoms with Gasteiger partial charge in [-0.25, -0.2) is 0 Å². The molecule has 0 saturated heterocycles. The first-order valence-corrected chi connectivity index (χ1v) is 9.26. The second-order valence-electron chi connectivity index (χ2n) is 8.87. The molecule has 0 heterocycles. The van der Waals surface area contributed by atoms with Crippen LogP contribution in [0.5, 0.6) is 0 Å². The van der Waals surface area contributed by atoms with Gasteiger partial charge in [0.25, 0.3) is 0 Å². The van der Waals surface area contributed by atoms with Crippen LogP contribution in [0, 0.1) is 34.5 Å². The number of carbonyl (C=O) groups is 3.